The molecule has 7 nitrogen and oxygen atoms in total. The predicted octanol–water partition coefficient (Wildman–Crippen LogP) is 3.12. The quantitative estimate of drug-likeness (QED) is 0.817. The number of rotatable bonds is 7. The second kappa shape index (κ2) is 7.95. The summed E-state index contributed by atoms with van der Waals surface area (Å²) in [6.45, 7) is 2.37. The van der Waals surface area contributed by atoms with E-state index in [1.54, 1.807) is 29.4 Å². The smallest absolute Gasteiger partial charge is 0.341 e. The molecule has 0 radical (unpaired) electrons. The Morgan fingerprint density at radius 1 is 1.27 bits per heavy atom. The van der Waals surface area contributed by atoms with Crippen LogP contribution < -0.4 is 9.47 Å². The van der Waals surface area contributed by atoms with Gasteiger partial charge in [-0.25, -0.2) is 4.79 Å². The van der Waals surface area contributed by atoms with Gasteiger partial charge >= 0.3 is 5.97 Å². The summed E-state index contributed by atoms with van der Waals surface area (Å²) in [7, 11) is 0. The number of carbonyl (C=O) groups is 2. The van der Waals surface area contributed by atoms with Crippen LogP contribution in [0.25, 0.3) is 0 Å². The Labute approximate surface area is 151 Å². The van der Waals surface area contributed by atoms with Crippen molar-refractivity contribution in [2.75, 3.05) is 19.8 Å². The molecule has 0 saturated carbocycles. The van der Waals surface area contributed by atoms with Crippen LogP contribution in [-0.4, -0.2) is 41.6 Å². The number of carboxylic acids is 1. The van der Waals surface area contributed by atoms with E-state index in [1.807, 2.05) is 19.1 Å². The average molecular weight is 359 g/mol. The standard InChI is InChI=1S/C19H21NO6/c1-2-24-17-11-13(7-8-16(17)26-12-18(21)22)19(23)20-9-3-5-14(20)15-6-4-10-25-15/h4,6-8,10-11,14H,2-3,5,9,12H2,1H3,(H,21,22). The fourth-order valence-electron chi connectivity index (χ4n) is 3.12. The van der Waals surface area contributed by atoms with Crippen molar-refractivity contribution in [2.24, 2.45) is 0 Å². The van der Waals surface area contributed by atoms with Crippen molar-refractivity contribution in [1.29, 1.82) is 0 Å². The van der Waals surface area contributed by atoms with Gasteiger partial charge in [-0.3, -0.25) is 4.79 Å². The number of nitrogens with zero attached hydrogens (tertiary/aromatic N) is 1. The summed E-state index contributed by atoms with van der Waals surface area (Å²) in [5, 5.41) is 8.77. The summed E-state index contributed by atoms with van der Waals surface area (Å²) in [5.74, 6) is 0.242. The fraction of sp³-hybridized carbons (Fsp3) is 0.368. The van der Waals surface area contributed by atoms with Crippen LogP contribution in [-0.2, 0) is 4.79 Å². The van der Waals surface area contributed by atoms with Crippen molar-refractivity contribution < 1.29 is 28.6 Å². The van der Waals surface area contributed by atoms with E-state index in [1.165, 1.54) is 0 Å². The Balaban J connectivity index is 1.82. The molecule has 138 valence electrons. The van der Waals surface area contributed by atoms with Crippen molar-refractivity contribution >= 4 is 11.9 Å². The number of benzene rings is 1. The van der Waals surface area contributed by atoms with Crippen LogP contribution in [0, 0.1) is 0 Å². The lowest BCUT2D eigenvalue weighted by atomic mass is 10.1. The lowest BCUT2D eigenvalue weighted by molar-refractivity contribution is -0.139. The van der Waals surface area contributed by atoms with Gasteiger partial charge in [0.05, 0.1) is 18.9 Å². The molecule has 1 unspecified atom stereocenters. The molecular weight excluding hydrogens is 338 g/mol. The first-order chi connectivity index (χ1) is 12.6. The number of ether oxygens (including phenoxy) is 2. The number of carbonyl (C=O) groups excluding carboxylic acids is 1. The van der Waals surface area contributed by atoms with E-state index in [0.717, 1.165) is 18.6 Å². The molecule has 3 rings (SSSR count). The number of amides is 1. The molecule has 0 aliphatic carbocycles. The first kappa shape index (κ1) is 17.8. The highest BCUT2D eigenvalue weighted by atomic mass is 16.5. The number of hydrogen-bond donors (Lipinski definition) is 1. The van der Waals surface area contributed by atoms with Crippen molar-refractivity contribution in [1.82, 2.24) is 4.90 Å². The molecular formula is C19H21NO6. The van der Waals surface area contributed by atoms with E-state index in [4.69, 9.17) is 19.0 Å². The molecule has 26 heavy (non-hydrogen) atoms. The summed E-state index contributed by atoms with van der Waals surface area (Å²) in [5.41, 5.74) is 0.467. The Hall–Kier alpha value is -2.96. The third-order valence-corrected chi connectivity index (χ3v) is 4.23. The van der Waals surface area contributed by atoms with Crippen molar-refractivity contribution in [3.63, 3.8) is 0 Å². The van der Waals surface area contributed by atoms with E-state index in [-0.39, 0.29) is 11.9 Å². The van der Waals surface area contributed by atoms with Crippen LogP contribution >= 0.6 is 0 Å². The third kappa shape index (κ3) is 3.82. The first-order valence-electron chi connectivity index (χ1n) is 8.56. The van der Waals surface area contributed by atoms with Crippen LogP contribution in [0.1, 0.15) is 41.9 Å². The molecule has 2 aromatic rings. The highest BCUT2D eigenvalue weighted by Crippen LogP contribution is 2.35. The number of likely N-dealkylation sites (tertiary alicyclic amines) is 1. The van der Waals surface area contributed by atoms with Crippen LogP contribution in [0.4, 0.5) is 0 Å². The summed E-state index contributed by atoms with van der Waals surface area (Å²) >= 11 is 0. The number of aliphatic carboxylic acids is 1. The van der Waals surface area contributed by atoms with Crippen LogP contribution in [0.2, 0.25) is 0 Å². The van der Waals surface area contributed by atoms with E-state index in [0.29, 0.717) is 30.2 Å². The minimum atomic E-state index is -1.08. The van der Waals surface area contributed by atoms with Crippen molar-refractivity contribution in [2.45, 2.75) is 25.8 Å². The lowest BCUT2D eigenvalue weighted by Crippen LogP contribution is -2.30. The monoisotopic (exact) mass is 359 g/mol. The zero-order valence-corrected chi connectivity index (χ0v) is 14.5. The Morgan fingerprint density at radius 3 is 2.81 bits per heavy atom. The number of furan rings is 1. The molecule has 1 aliphatic rings. The zero-order valence-electron chi connectivity index (χ0n) is 14.5. The highest BCUT2D eigenvalue weighted by Gasteiger charge is 2.32. The molecule has 7 heteroatoms. The predicted molar refractivity (Wildman–Crippen MR) is 92.5 cm³/mol. The maximum atomic E-state index is 13.0. The number of hydrogen-bond acceptors (Lipinski definition) is 5. The minimum absolute atomic E-state index is 0.0732. The molecule has 1 aliphatic heterocycles. The van der Waals surface area contributed by atoms with Gasteiger partial charge in [-0.05, 0) is 50.1 Å². The van der Waals surface area contributed by atoms with E-state index < -0.39 is 12.6 Å². The van der Waals surface area contributed by atoms with Gasteiger partial charge in [0.2, 0.25) is 0 Å². The molecule has 1 N–H and O–H groups in total. The van der Waals surface area contributed by atoms with Gasteiger partial charge in [0.15, 0.2) is 18.1 Å². The molecule has 1 amide bonds. The van der Waals surface area contributed by atoms with Gasteiger partial charge in [0.25, 0.3) is 5.91 Å². The molecule has 1 saturated heterocycles. The maximum Gasteiger partial charge on any atom is 0.341 e. The van der Waals surface area contributed by atoms with Crippen LogP contribution in [0.5, 0.6) is 11.5 Å². The van der Waals surface area contributed by atoms with Crippen LogP contribution in [0.15, 0.2) is 41.0 Å². The van der Waals surface area contributed by atoms with Gasteiger partial charge in [-0.2, -0.15) is 0 Å². The van der Waals surface area contributed by atoms with Gasteiger partial charge in [0.1, 0.15) is 5.76 Å². The summed E-state index contributed by atoms with van der Waals surface area (Å²) in [6.07, 6.45) is 3.38. The summed E-state index contributed by atoms with van der Waals surface area (Å²) in [4.78, 5) is 25.5. The Kier molecular flexibility index (Phi) is 5.46. The fourth-order valence-corrected chi connectivity index (χ4v) is 3.12. The summed E-state index contributed by atoms with van der Waals surface area (Å²) < 4.78 is 16.2. The van der Waals surface area contributed by atoms with Crippen molar-refractivity contribution in [3.8, 4) is 11.5 Å². The SMILES string of the molecule is CCOc1cc(C(=O)N2CCCC2c2ccco2)ccc1OCC(=O)O. The van der Waals surface area contributed by atoms with Crippen LogP contribution in [0.3, 0.4) is 0 Å². The van der Waals surface area contributed by atoms with Gasteiger partial charge in [0, 0.05) is 12.1 Å². The molecule has 0 spiro atoms. The van der Waals surface area contributed by atoms with Gasteiger partial charge < -0.3 is 23.9 Å². The lowest BCUT2D eigenvalue weighted by Gasteiger charge is -2.23. The van der Waals surface area contributed by atoms with E-state index in [9.17, 15) is 9.59 Å². The molecule has 1 atom stereocenters. The highest BCUT2D eigenvalue weighted by molar-refractivity contribution is 5.95. The normalized spacial score (nSPS) is 16.5. The van der Waals surface area contributed by atoms with Crippen molar-refractivity contribution in [3.05, 3.63) is 47.9 Å². The topological polar surface area (TPSA) is 89.2 Å². The first-order valence-corrected chi connectivity index (χ1v) is 8.56. The third-order valence-electron chi connectivity index (χ3n) is 4.23. The molecule has 1 aromatic carbocycles. The second-order valence-corrected chi connectivity index (χ2v) is 5.95. The van der Waals surface area contributed by atoms with Gasteiger partial charge in [-0.1, -0.05) is 0 Å². The summed E-state index contributed by atoms with van der Waals surface area (Å²) in [6, 6.07) is 8.41. The zero-order chi connectivity index (χ0) is 18.5. The maximum absolute atomic E-state index is 13.0. The second-order valence-electron chi connectivity index (χ2n) is 5.95. The van der Waals surface area contributed by atoms with Gasteiger partial charge in [-0.15, -0.1) is 0 Å². The number of carboxylic acid groups (broad SMARTS) is 1. The molecule has 1 fully saturated rings. The average Bonchev–Trinajstić information content (AvgIpc) is 3.31. The molecule has 0 bridgehead atoms. The molecule has 1 aromatic heterocycles. The minimum Gasteiger partial charge on any atom is -0.490 e. The largest absolute Gasteiger partial charge is 0.490 e. The Bertz CT molecular complexity index is 770. The molecule has 2 heterocycles. The van der Waals surface area contributed by atoms with E-state index >= 15 is 0 Å². The Morgan fingerprint density at radius 2 is 2.12 bits per heavy atom. The van der Waals surface area contributed by atoms with E-state index in [2.05, 4.69) is 0 Å².